The van der Waals surface area contributed by atoms with Crippen LogP contribution in [0.15, 0.2) is 58.5 Å². The highest BCUT2D eigenvalue weighted by atomic mass is 32.2. The van der Waals surface area contributed by atoms with Gasteiger partial charge >= 0.3 is 0 Å². The predicted molar refractivity (Wildman–Crippen MR) is 107 cm³/mol. The molecule has 0 aromatic heterocycles. The first-order chi connectivity index (χ1) is 13.4. The number of nitrogens with zero attached hydrogens (tertiary/aromatic N) is 2. The minimum Gasteiger partial charge on any atom is -0.399 e. The minimum atomic E-state index is -3.54. The van der Waals surface area contributed by atoms with Crippen LogP contribution in [0.4, 0.5) is 5.69 Å². The fourth-order valence-corrected chi connectivity index (χ4v) is 4.11. The summed E-state index contributed by atoms with van der Waals surface area (Å²) in [7, 11) is -3.54. The van der Waals surface area contributed by atoms with Crippen LogP contribution in [0.3, 0.4) is 0 Å². The summed E-state index contributed by atoms with van der Waals surface area (Å²) in [6.07, 6.45) is 0. The maximum atomic E-state index is 12.6. The largest absolute Gasteiger partial charge is 0.399 e. The number of nitrogen functional groups attached to an aromatic ring is 1. The number of rotatable bonds is 5. The van der Waals surface area contributed by atoms with Crippen LogP contribution >= 0.6 is 0 Å². The first-order valence-corrected chi connectivity index (χ1v) is 10.2. The smallest absolute Gasteiger partial charge is 0.271 e. The summed E-state index contributed by atoms with van der Waals surface area (Å²) in [6, 6.07) is 12.9. The molecule has 3 rings (SSSR count). The summed E-state index contributed by atoms with van der Waals surface area (Å²) < 4.78 is 31.9. The van der Waals surface area contributed by atoms with Gasteiger partial charge in [0, 0.05) is 24.3 Å². The van der Waals surface area contributed by atoms with Crippen molar-refractivity contribution < 1.29 is 17.9 Å². The molecule has 0 unspecified atom stereocenters. The van der Waals surface area contributed by atoms with Gasteiger partial charge in [0.25, 0.3) is 5.91 Å². The molecule has 8 nitrogen and oxygen atoms in total. The first-order valence-electron chi connectivity index (χ1n) is 8.76. The molecule has 1 saturated heterocycles. The van der Waals surface area contributed by atoms with Crippen molar-refractivity contribution in [2.24, 2.45) is 5.10 Å². The Labute approximate surface area is 164 Å². The quantitative estimate of drug-likeness (QED) is 0.446. The number of anilines is 1. The summed E-state index contributed by atoms with van der Waals surface area (Å²) >= 11 is 0. The molecule has 1 aliphatic heterocycles. The Morgan fingerprint density at radius 3 is 2.21 bits per heavy atom. The van der Waals surface area contributed by atoms with E-state index in [9.17, 15) is 13.2 Å². The number of morpholine rings is 1. The Bertz CT molecular complexity index is 964. The monoisotopic (exact) mass is 402 g/mol. The Kier molecular flexibility index (Phi) is 6.08. The number of carbonyl (C=O) groups is 1. The molecule has 3 N–H and O–H groups in total. The van der Waals surface area contributed by atoms with Crippen LogP contribution < -0.4 is 11.2 Å². The van der Waals surface area contributed by atoms with Crippen LogP contribution in [0.1, 0.15) is 22.8 Å². The Morgan fingerprint density at radius 2 is 1.61 bits per heavy atom. The van der Waals surface area contributed by atoms with Crippen molar-refractivity contribution in [1.82, 2.24) is 9.73 Å². The average Bonchev–Trinajstić information content (AvgIpc) is 2.73. The summed E-state index contributed by atoms with van der Waals surface area (Å²) in [4.78, 5) is 12.3. The van der Waals surface area contributed by atoms with Crippen LogP contribution in [0.2, 0.25) is 0 Å². The Morgan fingerprint density at radius 1 is 1.04 bits per heavy atom. The SMILES string of the molecule is C/C(=N\NC(=O)c1ccc(N)cc1)c1ccc(S(=O)(=O)N2CCOCC2)cc1. The number of hydrazone groups is 1. The third kappa shape index (κ3) is 4.56. The number of hydrogen-bond donors (Lipinski definition) is 2. The maximum Gasteiger partial charge on any atom is 0.271 e. The van der Waals surface area contributed by atoms with E-state index in [-0.39, 0.29) is 10.8 Å². The molecule has 1 amide bonds. The van der Waals surface area contributed by atoms with E-state index in [1.54, 1.807) is 55.5 Å². The van der Waals surface area contributed by atoms with Gasteiger partial charge in [-0.2, -0.15) is 9.41 Å². The highest BCUT2D eigenvalue weighted by Crippen LogP contribution is 2.18. The van der Waals surface area contributed by atoms with Crippen molar-refractivity contribution >= 4 is 27.3 Å². The maximum absolute atomic E-state index is 12.6. The van der Waals surface area contributed by atoms with Crippen LogP contribution in [0, 0.1) is 0 Å². The van der Waals surface area contributed by atoms with Gasteiger partial charge in [-0.05, 0) is 48.9 Å². The second-order valence-electron chi connectivity index (χ2n) is 6.30. The Balaban J connectivity index is 1.69. The number of ether oxygens (including phenoxy) is 1. The molecule has 1 fully saturated rings. The fourth-order valence-electron chi connectivity index (χ4n) is 2.70. The molecule has 0 radical (unpaired) electrons. The van der Waals surface area contributed by atoms with Crippen molar-refractivity contribution in [2.45, 2.75) is 11.8 Å². The third-order valence-corrected chi connectivity index (χ3v) is 6.29. The van der Waals surface area contributed by atoms with E-state index < -0.39 is 10.0 Å². The van der Waals surface area contributed by atoms with Gasteiger partial charge in [0.15, 0.2) is 0 Å². The van der Waals surface area contributed by atoms with Gasteiger partial charge in [-0.15, -0.1) is 0 Å². The molecule has 148 valence electrons. The Hall–Kier alpha value is -2.75. The molecule has 0 spiro atoms. The van der Waals surface area contributed by atoms with E-state index in [1.165, 1.54) is 4.31 Å². The van der Waals surface area contributed by atoms with Crippen LogP contribution in [0.25, 0.3) is 0 Å². The molecule has 1 heterocycles. The van der Waals surface area contributed by atoms with Crippen LogP contribution in [0.5, 0.6) is 0 Å². The van der Waals surface area contributed by atoms with Gasteiger partial charge in [-0.1, -0.05) is 12.1 Å². The lowest BCUT2D eigenvalue weighted by Crippen LogP contribution is -2.40. The molecule has 9 heteroatoms. The third-order valence-electron chi connectivity index (χ3n) is 4.38. The molecule has 2 aromatic carbocycles. The summed E-state index contributed by atoms with van der Waals surface area (Å²) in [5, 5.41) is 4.08. The lowest BCUT2D eigenvalue weighted by atomic mass is 10.1. The van der Waals surface area contributed by atoms with Gasteiger partial charge in [-0.3, -0.25) is 4.79 Å². The highest BCUT2D eigenvalue weighted by Gasteiger charge is 2.26. The van der Waals surface area contributed by atoms with E-state index in [4.69, 9.17) is 10.5 Å². The molecule has 0 aliphatic carbocycles. The second kappa shape index (κ2) is 8.51. The zero-order valence-electron chi connectivity index (χ0n) is 15.5. The molecule has 0 atom stereocenters. The number of amides is 1. The number of nitrogens with two attached hydrogens (primary N) is 1. The zero-order chi connectivity index (χ0) is 20.1. The normalized spacial score (nSPS) is 16.0. The summed E-state index contributed by atoms with van der Waals surface area (Å²) in [5.74, 6) is -0.356. The fraction of sp³-hybridized carbons (Fsp3) is 0.263. The predicted octanol–water partition coefficient (Wildman–Crippen LogP) is 1.44. The second-order valence-corrected chi connectivity index (χ2v) is 8.24. The highest BCUT2D eigenvalue weighted by molar-refractivity contribution is 7.89. The van der Waals surface area contributed by atoms with Crippen LogP contribution in [-0.2, 0) is 14.8 Å². The summed E-state index contributed by atoms with van der Waals surface area (Å²) in [6.45, 7) is 3.23. The van der Waals surface area contributed by atoms with Crippen LogP contribution in [-0.4, -0.2) is 50.6 Å². The number of benzene rings is 2. The van der Waals surface area contributed by atoms with E-state index in [0.29, 0.717) is 48.8 Å². The topological polar surface area (TPSA) is 114 Å². The van der Waals surface area contributed by atoms with E-state index in [1.807, 2.05) is 0 Å². The molecule has 0 bridgehead atoms. The average molecular weight is 402 g/mol. The number of carbonyl (C=O) groups excluding carboxylic acids is 1. The van der Waals surface area contributed by atoms with E-state index >= 15 is 0 Å². The van der Waals surface area contributed by atoms with Crippen molar-refractivity contribution in [3.05, 3.63) is 59.7 Å². The van der Waals surface area contributed by atoms with Crippen molar-refractivity contribution in [3.63, 3.8) is 0 Å². The van der Waals surface area contributed by atoms with Crippen molar-refractivity contribution in [2.75, 3.05) is 32.0 Å². The van der Waals surface area contributed by atoms with Gasteiger partial charge in [0.05, 0.1) is 23.8 Å². The molecule has 28 heavy (non-hydrogen) atoms. The molecule has 0 saturated carbocycles. The lowest BCUT2D eigenvalue weighted by Gasteiger charge is -2.26. The standard InChI is InChI=1S/C19H22N4O4S/c1-14(21-22-19(24)16-2-6-17(20)7-3-16)15-4-8-18(9-5-15)28(25,26)23-10-12-27-13-11-23/h2-9H,10-13,20H2,1H3,(H,22,24)/b21-14+. The lowest BCUT2D eigenvalue weighted by molar-refractivity contribution is 0.0730. The number of hydrogen-bond acceptors (Lipinski definition) is 6. The van der Waals surface area contributed by atoms with Crippen molar-refractivity contribution in [3.8, 4) is 0 Å². The number of sulfonamides is 1. The van der Waals surface area contributed by atoms with Gasteiger partial charge < -0.3 is 10.5 Å². The van der Waals surface area contributed by atoms with Crippen molar-refractivity contribution in [1.29, 1.82) is 0 Å². The molecular weight excluding hydrogens is 380 g/mol. The minimum absolute atomic E-state index is 0.219. The first kappa shape index (κ1) is 20.0. The number of nitrogens with one attached hydrogen (secondary N) is 1. The molecule has 2 aromatic rings. The van der Waals surface area contributed by atoms with Gasteiger partial charge in [0.2, 0.25) is 10.0 Å². The van der Waals surface area contributed by atoms with E-state index in [0.717, 1.165) is 0 Å². The zero-order valence-corrected chi connectivity index (χ0v) is 16.3. The summed E-state index contributed by atoms with van der Waals surface area (Å²) in [5.41, 5.74) is 10.4. The van der Waals surface area contributed by atoms with Gasteiger partial charge in [0.1, 0.15) is 0 Å². The van der Waals surface area contributed by atoms with Gasteiger partial charge in [-0.25, -0.2) is 13.8 Å². The molecular formula is C19H22N4O4S. The molecule has 1 aliphatic rings. The van der Waals surface area contributed by atoms with E-state index in [2.05, 4.69) is 10.5 Å².